The fourth-order valence-electron chi connectivity index (χ4n) is 2.09. The molecule has 0 heterocycles. The molecule has 6 heteroatoms. The molecule has 0 aromatic carbocycles. The number of likely N-dealkylation sites (N-methyl/N-ethyl adjacent to an activating group) is 1. The standard InChI is InChI=1S/C17H32N4O2/c1-6-23-10-9-17(7-8-17)13-20-16(18-11-14(2)3)19-12-15(22)21(4)5/h2,6-13H2,1,3-5H3,(H2,18,19,20). The predicted octanol–water partition coefficient (Wildman–Crippen LogP) is 1.39. The molecule has 0 saturated heterocycles. The van der Waals surface area contributed by atoms with Crippen molar-refractivity contribution >= 4 is 11.9 Å². The zero-order chi connectivity index (χ0) is 17.3. The van der Waals surface area contributed by atoms with Gasteiger partial charge in [-0.2, -0.15) is 0 Å². The number of carbonyl (C=O) groups excluding carboxylic acids is 1. The van der Waals surface area contributed by atoms with Crippen molar-refractivity contribution in [3.63, 3.8) is 0 Å². The molecule has 0 aromatic heterocycles. The lowest BCUT2D eigenvalue weighted by Crippen LogP contribution is -2.42. The third kappa shape index (κ3) is 8.02. The van der Waals surface area contributed by atoms with Crippen LogP contribution in [0.4, 0.5) is 0 Å². The Balaban J connectivity index is 2.50. The molecule has 1 aliphatic carbocycles. The highest BCUT2D eigenvalue weighted by molar-refractivity contribution is 5.84. The molecular formula is C17H32N4O2. The van der Waals surface area contributed by atoms with E-state index in [2.05, 4.69) is 22.2 Å². The first kappa shape index (κ1) is 19.5. The predicted molar refractivity (Wildman–Crippen MR) is 94.6 cm³/mol. The van der Waals surface area contributed by atoms with Gasteiger partial charge in [-0.3, -0.25) is 4.79 Å². The number of hydrogen-bond donors (Lipinski definition) is 2. The largest absolute Gasteiger partial charge is 0.382 e. The van der Waals surface area contributed by atoms with Crippen LogP contribution < -0.4 is 10.6 Å². The van der Waals surface area contributed by atoms with E-state index in [1.807, 2.05) is 13.8 Å². The van der Waals surface area contributed by atoms with Crippen LogP contribution in [0, 0.1) is 5.41 Å². The number of carbonyl (C=O) groups is 1. The van der Waals surface area contributed by atoms with Crippen molar-refractivity contribution in [2.45, 2.75) is 33.1 Å². The van der Waals surface area contributed by atoms with Crippen molar-refractivity contribution in [3.8, 4) is 0 Å². The topological polar surface area (TPSA) is 66.0 Å². The highest BCUT2D eigenvalue weighted by Crippen LogP contribution is 2.48. The third-order valence-corrected chi connectivity index (χ3v) is 4.00. The molecule has 23 heavy (non-hydrogen) atoms. The highest BCUT2D eigenvalue weighted by atomic mass is 16.5. The van der Waals surface area contributed by atoms with Crippen LogP contribution in [0.5, 0.6) is 0 Å². The van der Waals surface area contributed by atoms with Gasteiger partial charge in [-0.15, -0.1) is 0 Å². The van der Waals surface area contributed by atoms with Gasteiger partial charge >= 0.3 is 0 Å². The minimum Gasteiger partial charge on any atom is -0.382 e. The molecule has 0 bridgehead atoms. The van der Waals surface area contributed by atoms with Crippen LogP contribution in [0.3, 0.4) is 0 Å². The summed E-state index contributed by atoms with van der Waals surface area (Å²) in [5.74, 6) is 0.657. The summed E-state index contributed by atoms with van der Waals surface area (Å²) >= 11 is 0. The van der Waals surface area contributed by atoms with Gasteiger partial charge in [0.2, 0.25) is 5.91 Å². The van der Waals surface area contributed by atoms with Crippen molar-refractivity contribution in [1.82, 2.24) is 15.5 Å². The fraction of sp³-hybridized carbons (Fsp3) is 0.765. The molecule has 1 fully saturated rings. The highest BCUT2D eigenvalue weighted by Gasteiger charge is 2.41. The number of hydrogen-bond acceptors (Lipinski definition) is 3. The Bertz CT molecular complexity index is 428. The molecule has 0 aromatic rings. The van der Waals surface area contributed by atoms with Crippen LogP contribution in [-0.2, 0) is 9.53 Å². The molecule has 6 nitrogen and oxygen atoms in total. The van der Waals surface area contributed by atoms with Gasteiger partial charge in [-0.05, 0) is 38.5 Å². The molecule has 0 spiro atoms. The summed E-state index contributed by atoms with van der Waals surface area (Å²) in [7, 11) is 3.47. The van der Waals surface area contributed by atoms with Crippen LogP contribution >= 0.6 is 0 Å². The summed E-state index contributed by atoms with van der Waals surface area (Å²) in [6, 6.07) is 0. The number of nitrogens with zero attached hydrogens (tertiary/aromatic N) is 2. The maximum Gasteiger partial charge on any atom is 0.243 e. The summed E-state index contributed by atoms with van der Waals surface area (Å²) in [6.45, 7) is 11.1. The maximum atomic E-state index is 11.7. The Morgan fingerprint density at radius 2 is 2.04 bits per heavy atom. The van der Waals surface area contributed by atoms with Crippen LogP contribution in [0.25, 0.3) is 0 Å². The van der Waals surface area contributed by atoms with E-state index in [-0.39, 0.29) is 12.5 Å². The first-order chi connectivity index (χ1) is 10.9. The molecule has 1 aliphatic rings. The van der Waals surface area contributed by atoms with E-state index in [4.69, 9.17) is 4.74 Å². The summed E-state index contributed by atoms with van der Waals surface area (Å²) in [6.07, 6.45) is 3.51. The second kappa shape index (κ2) is 9.55. The second-order valence-electron chi connectivity index (χ2n) is 6.56. The summed E-state index contributed by atoms with van der Waals surface area (Å²) < 4.78 is 5.47. The van der Waals surface area contributed by atoms with Crippen molar-refractivity contribution in [2.75, 3.05) is 46.9 Å². The van der Waals surface area contributed by atoms with Gasteiger partial charge in [0.1, 0.15) is 6.54 Å². The van der Waals surface area contributed by atoms with Gasteiger partial charge in [0.15, 0.2) is 5.96 Å². The molecule has 0 atom stereocenters. The SMILES string of the molecule is C=C(C)CNC(=NCC(=O)N(C)C)NCC1(CCOCC)CC1. The minimum atomic E-state index is -0.0149. The van der Waals surface area contributed by atoms with E-state index >= 15 is 0 Å². The second-order valence-corrected chi connectivity index (χ2v) is 6.56. The average Bonchev–Trinajstić information content (AvgIpc) is 3.26. The van der Waals surface area contributed by atoms with Crippen LogP contribution in [0.1, 0.15) is 33.1 Å². The van der Waals surface area contributed by atoms with Gasteiger partial charge in [0.05, 0.1) is 0 Å². The van der Waals surface area contributed by atoms with Crippen LogP contribution in [0.15, 0.2) is 17.1 Å². The van der Waals surface area contributed by atoms with Crippen molar-refractivity contribution in [1.29, 1.82) is 0 Å². The van der Waals surface area contributed by atoms with Gasteiger partial charge in [0.25, 0.3) is 0 Å². The summed E-state index contributed by atoms with van der Waals surface area (Å²) in [5, 5.41) is 6.59. The number of ether oxygens (including phenoxy) is 1. The van der Waals surface area contributed by atoms with E-state index in [1.165, 1.54) is 12.8 Å². The molecule has 2 N–H and O–H groups in total. The van der Waals surface area contributed by atoms with Crippen molar-refractivity contribution in [2.24, 2.45) is 10.4 Å². The van der Waals surface area contributed by atoms with Gasteiger partial charge in [-0.25, -0.2) is 4.99 Å². The maximum absolute atomic E-state index is 11.7. The first-order valence-corrected chi connectivity index (χ1v) is 8.33. The Hall–Kier alpha value is -1.56. The van der Waals surface area contributed by atoms with E-state index in [0.29, 0.717) is 17.9 Å². The number of rotatable bonds is 10. The number of nitrogens with one attached hydrogen (secondary N) is 2. The molecule has 0 radical (unpaired) electrons. The normalized spacial score (nSPS) is 15.9. The molecule has 132 valence electrons. The van der Waals surface area contributed by atoms with Crippen molar-refractivity contribution < 1.29 is 9.53 Å². The van der Waals surface area contributed by atoms with Crippen LogP contribution in [-0.4, -0.2) is 63.7 Å². The Morgan fingerprint density at radius 1 is 1.35 bits per heavy atom. The summed E-state index contributed by atoms with van der Waals surface area (Å²) in [4.78, 5) is 17.6. The summed E-state index contributed by atoms with van der Waals surface area (Å²) in [5.41, 5.74) is 1.35. The van der Waals surface area contributed by atoms with Crippen LogP contribution in [0.2, 0.25) is 0 Å². The monoisotopic (exact) mass is 324 g/mol. The zero-order valence-corrected chi connectivity index (χ0v) is 15.1. The Labute approximate surface area is 140 Å². The quantitative estimate of drug-likeness (QED) is 0.276. The van der Waals surface area contributed by atoms with Gasteiger partial charge in [-0.1, -0.05) is 12.2 Å². The molecule has 1 amide bonds. The third-order valence-electron chi connectivity index (χ3n) is 4.00. The Morgan fingerprint density at radius 3 is 2.57 bits per heavy atom. The number of guanidine groups is 1. The smallest absolute Gasteiger partial charge is 0.243 e. The number of amides is 1. The molecule has 0 aliphatic heterocycles. The average molecular weight is 324 g/mol. The molecule has 0 unspecified atom stereocenters. The number of aliphatic imine (C=N–C) groups is 1. The van der Waals surface area contributed by atoms with E-state index in [0.717, 1.165) is 31.8 Å². The first-order valence-electron chi connectivity index (χ1n) is 8.33. The molecular weight excluding hydrogens is 292 g/mol. The van der Waals surface area contributed by atoms with Gasteiger partial charge in [0, 0.05) is 40.4 Å². The fourth-order valence-corrected chi connectivity index (χ4v) is 2.09. The zero-order valence-electron chi connectivity index (χ0n) is 15.1. The minimum absolute atomic E-state index is 0.0149. The van der Waals surface area contributed by atoms with E-state index in [9.17, 15) is 4.79 Å². The lowest BCUT2D eigenvalue weighted by molar-refractivity contribution is -0.127. The van der Waals surface area contributed by atoms with Crippen molar-refractivity contribution in [3.05, 3.63) is 12.2 Å². The lowest BCUT2D eigenvalue weighted by atomic mass is 10.0. The lowest BCUT2D eigenvalue weighted by Gasteiger charge is -2.19. The van der Waals surface area contributed by atoms with E-state index < -0.39 is 0 Å². The molecule has 1 saturated carbocycles. The van der Waals surface area contributed by atoms with E-state index in [1.54, 1.807) is 19.0 Å². The molecule has 1 rings (SSSR count). The Kier molecular flexibility index (Phi) is 8.09. The van der Waals surface area contributed by atoms with Gasteiger partial charge < -0.3 is 20.3 Å².